The highest BCUT2D eigenvalue weighted by Crippen LogP contribution is 2.21. The number of piperidine rings is 1. The van der Waals surface area contributed by atoms with Gasteiger partial charge in [-0.2, -0.15) is 10.1 Å². The van der Waals surface area contributed by atoms with E-state index in [4.69, 9.17) is 11.6 Å². The number of hydrogen-bond acceptors (Lipinski definition) is 6. The fourth-order valence-corrected chi connectivity index (χ4v) is 2.83. The Balaban J connectivity index is 0.00000156. The van der Waals surface area contributed by atoms with E-state index in [2.05, 4.69) is 30.8 Å². The van der Waals surface area contributed by atoms with E-state index >= 15 is 0 Å². The largest absolute Gasteiger partial charge is 0.320 e. The molecular formula is C13H16Cl2N8. The SMILES string of the molecule is Cl.Clc1nccn2nc(Nc3cnn(C4CCNCC4)c3)nc12. The van der Waals surface area contributed by atoms with Crippen LogP contribution in [-0.2, 0) is 0 Å². The Hall–Kier alpha value is -1.90. The third-order valence-corrected chi connectivity index (χ3v) is 4.02. The van der Waals surface area contributed by atoms with Crippen molar-refractivity contribution in [3.63, 3.8) is 0 Å². The number of anilines is 2. The average molecular weight is 355 g/mol. The molecule has 3 aromatic heterocycles. The number of aromatic nitrogens is 6. The third kappa shape index (κ3) is 3.24. The summed E-state index contributed by atoms with van der Waals surface area (Å²) < 4.78 is 3.60. The Labute approximate surface area is 143 Å². The minimum Gasteiger partial charge on any atom is -0.320 e. The van der Waals surface area contributed by atoms with Crippen LogP contribution in [0.1, 0.15) is 18.9 Å². The van der Waals surface area contributed by atoms with Crippen LogP contribution in [0.25, 0.3) is 5.65 Å². The van der Waals surface area contributed by atoms with E-state index in [1.807, 2.05) is 10.9 Å². The monoisotopic (exact) mass is 354 g/mol. The first-order chi connectivity index (χ1) is 10.8. The zero-order valence-corrected chi connectivity index (χ0v) is 13.8. The molecule has 0 amide bonds. The first-order valence-corrected chi connectivity index (χ1v) is 7.56. The Bertz CT molecular complexity index is 792. The third-order valence-electron chi connectivity index (χ3n) is 3.75. The maximum atomic E-state index is 5.99. The Kier molecular flexibility index (Phi) is 4.65. The highest BCUT2D eigenvalue weighted by atomic mass is 35.5. The molecule has 2 N–H and O–H groups in total. The van der Waals surface area contributed by atoms with Gasteiger partial charge in [0.15, 0.2) is 10.8 Å². The van der Waals surface area contributed by atoms with Gasteiger partial charge in [0.25, 0.3) is 0 Å². The van der Waals surface area contributed by atoms with Gasteiger partial charge in [0, 0.05) is 18.6 Å². The molecule has 0 unspecified atom stereocenters. The molecule has 10 heteroatoms. The standard InChI is InChI=1S/C13H15ClN8.ClH/c14-11-12-19-13(20-21(12)6-5-16-11)18-9-7-17-22(8-9)10-1-3-15-4-2-10;/h5-8,10,15H,1-4H2,(H,18,20);1H. The van der Waals surface area contributed by atoms with Gasteiger partial charge in [-0.3, -0.25) is 4.68 Å². The lowest BCUT2D eigenvalue weighted by Gasteiger charge is -2.22. The molecule has 0 saturated carbocycles. The van der Waals surface area contributed by atoms with E-state index < -0.39 is 0 Å². The summed E-state index contributed by atoms with van der Waals surface area (Å²) in [6.07, 6.45) is 9.25. The molecule has 1 saturated heterocycles. The molecule has 0 aromatic carbocycles. The van der Waals surface area contributed by atoms with Gasteiger partial charge in [0.05, 0.1) is 17.9 Å². The fourth-order valence-electron chi connectivity index (χ4n) is 2.64. The number of rotatable bonds is 3. The highest BCUT2D eigenvalue weighted by Gasteiger charge is 2.16. The van der Waals surface area contributed by atoms with Crippen molar-refractivity contribution in [2.75, 3.05) is 18.4 Å². The van der Waals surface area contributed by atoms with Crippen molar-refractivity contribution < 1.29 is 0 Å². The molecule has 0 spiro atoms. The van der Waals surface area contributed by atoms with Crippen LogP contribution in [0.3, 0.4) is 0 Å². The Morgan fingerprint density at radius 3 is 2.91 bits per heavy atom. The first-order valence-electron chi connectivity index (χ1n) is 7.18. The molecule has 1 aliphatic rings. The zero-order chi connectivity index (χ0) is 14.9. The van der Waals surface area contributed by atoms with Crippen molar-refractivity contribution in [3.8, 4) is 0 Å². The van der Waals surface area contributed by atoms with Crippen LogP contribution in [0.5, 0.6) is 0 Å². The molecule has 8 nitrogen and oxygen atoms in total. The molecular weight excluding hydrogens is 339 g/mol. The lowest BCUT2D eigenvalue weighted by molar-refractivity contribution is 0.343. The van der Waals surface area contributed by atoms with Crippen LogP contribution in [0, 0.1) is 0 Å². The maximum Gasteiger partial charge on any atom is 0.247 e. The smallest absolute Gasteiger partial charge is 0.247 e. The second-order valence-corrected chi connectivity index (χ2v) is 5.59. The van der Waals surface area contributed by atoms with Gasteiger partial charge >= 0.3 is 0 Å². The van der Waals surface area contributed by atoms with Crippen LogP contribution in [0.2, 0.25) is 5.15 Å². The van der Waals surface area contributed by atoms with Crippen LogP contribution >= 0.6 is 24.0 Å². The van der Waals surface area contributed by atoms with Gasteiger partial charge in [0.2, 0.25) is 5.95 Å². The summed E-state index contributed by atoms with van der Waals surface area (Å²) in [7, 11) is 0. The number of halogens is 2. The van der Waals surface area contributed by atoms with Crippen molar-refractivity contribution in [2.24, 2.45) is 0 Å². The summed E-state index contributed by atoms with van der Waals surface area (Å²) in [6, 6.07) is 0.449. The lowest BCUT2D eigenvalue weighted by atomic mass is 10.1. The van der Waals surface area contributed by atoms with Gasteiger partial charge in [0.1, 0.15) is 0 Å². The molecule has 0 bridgehead atoms. The summed E-state index contributed by atoms with van der Waals surface area (Å²) in [6.45, 7) is 2.07. The van der Waals surface area contributed by atoms with E-state index in [0.29, 0.717) is 22.8 Å². The number of nitrogens with one attached hydrogen (secondary N) is 2. The first kappa shape index (κ1) is 16.0. The van der Waals surface area contributed by atoms with Gasteiger partial charge in [-0.1, -0.05) is 11.6 Å². The quantitative estimate of drug-likeness (QED) is 0.748. The van der Waals surface area contributed by atoms with Gasteiger partial charge < -0.3 is 10.6 Å². The minimum absolute atomic E-state index is 0. The van der Waals surface area contributed by atoms with E-state index in [-0.39, 0.29) is 12.4 Å². The van der Waals surface area contributed by atoms with Crippen molar-refractivity contribution in [1.82, 2.24) is 34.7 Å². The molecule has 1 aliphatic heterocycles. The normalized spacial score (nSPS) is 15.5. The average Bonchev–Trinajstić information content (AvgIpc) is 3.16. The molecule has 4 heterocycles. The summed E-state index contributed by atoms with van der Waals surface area (Å²) in [5.74, 6) is 0.472. The van der Waals surface area contributed by atoms with Crippen molar-refractivity contribution in [1.29, 1.82) is 0 Å². The predicted octanol–water partition coefficient (Wildman–Crippen LogP) is 2.06. The number of fused-ring (bicyclic) bond motifs is 1. The van der Waals surface area contributed by atoms with Gasteiger partial charge in [-0.15, -0.1) is 17.5 Å². The van der Waals surface area contributed by atoms with Crippen molar-refractivity contribution in [3.05, 3.63) is 29.9 Å². The Morgan fingerprint density at radius 2 is 2.13 bits per heavy atom. The molecule has 0 aliphatic carbocycles. The second kappa shape index (κ2) is 6.69. The minimum atomic E-state index is 0. The molecule has 122 valence electrons. The number of nitrogens with zero attached hydrogens (tertiary/aromatic N) is 6. The van der Waals surface area contributed by atoms with E-state index in [1.165, 1.54) is 0 Å². The molecule has 1 fully saturated rings. The Morgan fingerprint density at radius 1 is 1.30 bits per heavy atom. The van der Waals surface area contributed by atoms with Gasteiger partial charge in [-0.05, 0) is 25.9 Å². The molecule has 23 heavy (non-hydrogen) atoms. The van der Waals surface area contributed by atoms with Crippen molar-refractivity contribution in [2.45, 2.75) is 18.9 Å². The molecule has 0 radical (unpaired) electrons. The molecule has 3 aromatic rings. The summed E-state index contributed by atoms with van der Waals surface area (Å²) in [4.78, 5) is 8.31. The zero-order valence-electron chi connectivity index (χ0n) is 12.2. The van der Waals surface area contributed by atoms with Crippen LogP contribution in [0.15, 0.2) is 24.8 Å². The van der Waals surface area contributed by atoms with E-state index in [0.717, 1.165) is 31.6 Å². The predicted molar refractivity (Wildman–Crippen MR) is 89.7 cm³/mol. The van der Waals surface area contributed by atoms with Crippen molar-refractivity contribution >= 4 is 41.3 Å². The lowest BCUT2D eigenvalue weighted by Crippen LogP contribution is -2.29. The summed E-state index contributed by atoms with van der Waals surface area (Å²) >= 11 is 5.99. The van der Waals surface area contributed by atoms with E-state index in [9.17, 15) is 0 Å². The second-order valence-electron chi connectivity index (χ2n) is 5.24. The van der Waals surface area contributed by atoms with Crippen LogP contribution in [-0.4, -0.2) is 42.5 Å². The van der Waals surface area contributed by atoms with E-state index in [1.54, 1.807) is 23.1 Å². The van der Waals surface area contributed by atoms with Crippen LogP contribution in [0.4, 0.5) is 11.6 Å². The summed E-state index contributed by atoms with van der Waals surface area (Å²) in [5.41, 5.74) is 1.39. The maximum absolute atomic E-state index is 5.99. The summed E-state index contributed by atoms with van der Waals surface area (Å²) in [5, 5.41) is 15.6. The van der Waals surface area contributed by atoms with Crippen LogP contribution < -0.4 is 10.6 Å². The highest BCUT2D eigenvalue weighted by molar-refractivity contribution is 6.32. The topological polar surface area (TPSA) is 85.0 Å². The van der Waals surface area contributed by atoms with Gasteiger partial charge in [-0.25, -0.2) is 9.50 Å². The number of hydrogen-bond donors (Lipinski definition) is 2. The fraction of sp³-hybridized carbons (Fsp3) is 0.385. The molecule has 0 atom stereocenters. The molecule has 4 rings (SSSR count).